The molecule has 0 saturated heterocycles. The molecule has 5 heteroatoms. The van der Waals surface area contributed by atoms with E-state index in [2.05, 4.69) is 34.0 Å². The average molecular weight is 299 g/mol. The smallest absolute Gasteiger partial charge is 0.335 e. The number of thiophene rings is 1. The number of nitrogens with one attached hydrogen (secondary N) is 2. The first kappa shape index (κ1) is 13.8. The first-order chi connectivity index (χ1) is 10.3. The minimum Gasteiger partial charge on any atom is -0.336 e. The molecule has 0 bridgehead atoms. The van der Waals surface area contributed by atoms with Gasteiger partial charge in [-0.25, -0.2) is 10.2 Å². The predicted molar refractivity (Wildman–Crippen MR) is 85.9 cm³/mol. The van der Waals surface area contributed by atoms with Gasteiger partial charge in [0, 0.05) is 17.0 Å². The Morgan fingerprint density at radius 2 is 2.10 bits per heavy atom. The first-order valence-electron chi connectivity index (χ1n) is 7.04. The molecule has 0 unspecified atom stereocenters. The van der Waals surface area contributed by atoms with Crippen molar-refractivity contribution in [3.8, 4) is 0 Å². The van der Waals surface area contributed by atoms with Gasteiger partial charge in [-0.05, 0) is 36.3 Å². The van der Waals surface area contributed by atoms with Crippen LogP contribution in [0.4, 0.5) is 4.79 Å². The van der Waals surface area contributed by atoms with Crippen LogP contribution in [0.25, 0.3) is 0 Å². The van der Waals surface area contributed by atoms with Gasteiger partial charge in [-0.15, -0.1) is 11.3 Å². The molecule has 0 saturated carbocycles. The summed E-state index contributed by atoms with van der Waals surface area (Å²) in [7, 11) is 0. The Balaban J connectivity index is 1.49. The fraction of sp³-hybridized carbons (Fsp3) is 0.250. The van der Waals surface area contributed by atoms with E-state index in [1.165, 1.54) is 10.4 Å². The van der Waals surface area contributed by atoms with Crippen molar-refractivity contribution in [2.24, 2.45) is 5.10 Å². The fourth-order valence-corrected chi connectivity index (χ4v) is 3.14. The molecule has 2 amide bonds. The van der Waals surface area contributed by atoms with Crippen molar-refractivity contribution in [1.29, 1.82) is 0 Å². The van der Waals surface area contributed by atoms with Crippen LogP contribution in [0.1, 0.15) is 22.4 Å². The Morgan fingerprint density at radius 1 is 1.19 bits per heavy atom. The third-order valence-corrected chi connectivity index (χ3v) is 4.43. The van der Waals surface area contributed by atoms with Crippen LogP contribution in [0.3, 0.4) is 0 Å². The number of hydrogen-bond acceptors (Lipinski definition) is 3. The van der Waals surface area contributed by atoms with Crippen molar-refractivity contribution < 1.29 is 4.79 Å². The van der Waals surface area contributed by atoms with Gasteiger partial charge in [0.25, 0.3) is 0 Å². The molecule has 1 aromatic carbocycles. The summed E-state index contributed by atoms with van der Waals surface area (Å²) in [5.41, 5.74) is 6.00. The minimum atomic E-state index is -0.247. The molecule has 1 aliphatic carbocycles. The molecular weight excluding hydrogens is 282 g/mol. The van der Waals surface area contributed by atoms with Crippen molar-refractivity contribution in [1.82, 2.24) is 10.7 Å². The second-order valence-corrected chi connectivity index (χ2v) is 5.94. The highest BCUT2D eigenvalue weighted by atomic mass is 32.1. The lowest BCUT2D eigenvalue weighted by atomic mass is 10.1. The van der Waals surface area contributed by atoms with Gasteiger partial charge in [0.15, 0.2) is 0 Å². The lowest BCUT2D eigenvalue weighted by molar-refractivity contribution is 0.241. The van der Waals surface area contributed by atoms with E-state index >= 15 is 0 Å². The van der Waals surface area contributed by atoms with Gasteiger partial charge >= 0.3 is 6.03 Å². The number of rotatable bonds is 4. The van der Waals surface area contributed by atoms with Crippen LogP contribution in [0.15, 0.2) is 46.9 Å². The minimum absolute atomic E-state index is 0.247. The van der Waals surface area contributed by atoms with E-state index in [-0.39, 0.29) is 6.03 Å². The number of hydrazone groups is 1. The fourth-order valence-electron chi connectivity index (χ4n) is 2.44. The van der Waals surface area contributed by atoms with E-state index in [0.717, 1.165) is 30.5 Å². The normalized spacial score (nSPS) is 15.0. The standard InChI is InChI=1S/C16H17N3OS/c20-16(17-10-9-13-5-3-11-21-13)19-18-15-8-7-12-4-1-2-6-14(12)15/h1-6,11H,7-10H2,(H2,17,19,20)/b18-15-. The van der Waals surface area contributed by atoms with Gasteiger partial charge < -0.3 is 5.32 Å². The lowest BCUT2D eigenvalue weighted by Crippen LogP contribution is -2.34. The molecule has 0 fully saturated rings. The van der Waals surface area contributed by atoms with Crippen LogP contribution >= 0.6 is 11.3 Å². The molecular formula is C16H17N3OS. The Labute approximate surface area is 127 Å². The topological polar surface area (TPSA) is 53.5 Å². The van der Waals surface area contributed by atoms with Crippen LogP contribution in [0, 0.1) is 0 Å². The zero-order valence-corrected chi connectivity index (χ0v) is 12.5. The second kappa shape index (κ2) is 6.54. The van der Waals surface area contributed by atoms with E-state index in [9.17, 15) is 4.79 Å². The predicted octanol–water partition coefficient (Wildman–Crippen LogP) is 2.94. The largest absolute Gasteiger partial charge is 0.336 e. The number of carbonyl (C=O) groups is 1. The highest BCUT2D eigenvalue weighted by Gasteiger charge is 2.16. The Hall–Kier alpha value is -2.14. The lowest BCUT2D eigenvalue weighted by Gasteiger charge is -2.04. The maximum absolute atomic E-state index is 11.7. The number of benzene rings is 1. The van der Waals surface area contributed by atoms with Crippen LogP contribution in [-0.2, 0) is 12.8 Å². The molecule has 4 nitrogen and oxygen atoms in total. The molecule has 3 rings (SSSR count). The summed E-state index contributed by atoms with van der Waals surface area (Å²) in [5.74, 6) is 0. The quantitative estimate of drug-likeness (QED) is 0.838. The van der Waals surface area contributed by atoms with Crippen LogP contribution in [-0.4, -0.2) is 18.3 Å². The van der Waals surface area contributed by atoms with Gasteiger partial charge in [-0.1, -0.05) is 30.3 Å². The second-order valence-electron chi connectivity index (χ2n) is 4.91. The summed E-state index contributed by atoms with van der Waals surface area (Å²) in [5, 5.41) is 9.10. The number of urea groups is 1. The maximum Gasteiger partial charge on any atom is 0.335 e. The van der Waals surface area contributed by atoms with Crippen molar-refractivity contribution in [3.63, 3.8) is 0 Å². The van der Waals surface area contributed by atoms with Gasteiger partial charge in [0.1, 0.15) is 0 Å². The summed E-state index contributed by atoms with van der Waals surface area (Å²) in [4.78, 5) is 13.0. The van der Waals surface area contributed by atoms with Crippen molar-refractivity contribution in [3.05, 3.63) is 57.8 Å². The summed E-state index contributed by atoms with van der Waals surface area (Å²) in [6, 6.07) is 12.0. The maximum atomic E-state index is 11.7. The number of nitrogens with zero attached hydrogens (tertiary/aromatic N) is 1. The molecule has 108 valence electrons. The monoisotopic (exact) mass is 299 g/mol. The SMILES string of the molecule is O=C(NCCc1cccs1)N/N=C1/CCc2ccccc21. The van der Waals surface area contributed by atoms with Gasteiger partial charge in [0.2, 0.25) is 0 Å². The molecule has 2 N–H and O–H groups in total. The zero-order valence-electron chi connectivity index (χ0n) is 11.6. The molecule has 0 radical (unpaired) electrons. The van der Waals surface area contributed by atoms with E-state index < -0.39 is 0 Å². The molecule has 21 heavy (non-hydrogen) atoms. The summed E-state index contributed by atoms with van der Waals surface area (Å²) >= 11 is 1.70. The number of aryl methyl sites for hydroxylation is 1. The first-order valence-corrected chi connectivity index (χ1v) is 7.92. The van der Waals surface area contributed by atoms with E-state index in [1.54, 1.807) is 11.3 Å². The van der Waals surface area contributed by atoms with E-state index in [1.807, 2.05) is 23.6 Å². The Morgan fingerprint density at radius 3 is 2.95 bits per heavy atom. The summed E-state index contributed by atoms with van der Waals surface area (Å²) < 4.78 is 0. The molecule has 2 aromatic rings. The number of fused-ring (bicyclic) bond motifs is 1. The number of amides is 2. The van der Waals surface area contributed by atoms with Gasteiger partial charge in [-0.2, -0.15) is 5.10 Å². The Bertz CT molecular complexity index is 649. The third-order valence-electron chi connectivity index (χ3n) is 3.49. The summed E-state index contributed by atoms with van der Waals surface area (Å²) in [6.45, 7) is 0.619. The number of carbonyl (C=O) groups excluding carboxylic acids is 1. The van der Waals surface area contributed by atoms with Crippen LogP contribution < -0.4 is 10.7 Å². The molecule has 1 aromatic heterocycles. The van der Waals surface area contributed by atoms with E-state index in [4.69, 9.17) is 0 Å². The third kappa shape index (κ3) is 3.49. The van der Waals surface area contributed by atoms with Crippen molar-refractivity contribution in [2.75, 3.05) is 6.54 Å². The van der Waals surface area contributed by atoms with Crippen LogP contribution in [0.5, 0.6) is 0 Å². The van der Waals surface area contributed by atoms with Crippen molar-refractivity contribution >= 4 is 23.1 Å². The molecule has 0 spiro atoms. The molecule has 0 atom stereocenters. The molecule has 0 aliphatic heterocycles. The average Bonchev–Trinajstić information content (AvgIpc) is 3.14. The zero-order chi connectivity index (χ0) is 14.5. The summed E-state index contributed by atoms with van der Waals surface area (Å²) in [6.07, 6.45) is 2.73. The van der Waals surface area contributed by atoms with Gasteiger partial charge in [-0.3, -0.25) is 0 Å². The van der Waals surface area contributed by atoms with Gasteiger partial charge in [0.05, 0.1) is 5.71 Å². The number of hydrogen-bond donors (Lipinski definition) is 2. The van der Waals surface area contributed by atoms with E-state index in [0.29, 0.717) is 6.54 Å². The highest BCUT2D eigenvalue weighted by Crippen LogP contribution is 2.21. The van der Waals surface area contributed by atoms with Crippen LogP contribution in [0.2, 0.25) is 0 Å². The Kier molecular flexibility index (Phi) is 4.31. The highest BCUT2D eigenvalue weighted by molar-refractivity contribution is 7.09. The van der Waals surface area contributed by atoms with Crippen molar-refractivity contribution in [2.45, 2.75) is 19.3 Å². The molecule has 1 aliphatic rings. The molecule has 1 heterocycles.